The van der Waals surface area contributed by atoms with E-state index in [1.807, 2.05) is 13.2 Å². The zero-order valence-corrected chi connectivity index (χ0v) is 11.5. The summed E-state index contributed by atoms with van der Waals surface area (Å²) >= 11 is 0. The van der Waals surface area contributed by atoms with Crippen LogP contribution in [0.25, 0.3) is 0 Å². The van der Waals surface area contributed by atoms with E-state index in [0.717, 1.165) is 0 Å². The Morgan fingerprint density at radius 1 is 1.21 bits per heavy atom. The minimum atomic E-state index is 0.366. The lowest BCUT2D eigenvalue weighted by atomic mass is 10.0. The quantitative estimate of drug-likeness (QED) is 0.901. The van der Waals surface area contributed by atoms with Crippen molar-refractivity contribution in [3.8, 4) is 0 Å². The smallest absolute Gasteiger partial charge is 0.0578 e. The van der Waals surface area contributed by atoms with Gasteiger partial charge in [-0.3, -0.25) is 4.98 Å². The lowest BCUT2D eigenvalue weighted by Crippen LogP contribution is -2.20. The summed E-state index contributed by atoms with van der Waals surface area (Å²) < 4.78 is 0. The van der Waals surface area contributed by atoms with Gasteiger partial charge in [-0.05, 0) is 55.5 Å². The molecule has 19 heavy (non-hydrogen) atoms. The van der Waals surface area contributed by atoms with Crippen molar-refractivity contribution in [2.24, 2.45) is 5.92 Å². The fourth-order valence-corrected chi connectivity index (χ4v) is 2.98. The average Bonchev–Trinajstić information content (AvgIpc) is 3.21. The fraction of sp³-hybridized carbons (Fsp3) is 0.353. The summed E-state index contributed by atoms with van der Waals surface area (Å²) in [5.41, 5.74) is 3.91. The Morgan fingerprint density at radius 3 is 2.68 bits per heavy atom. The lowest BCUT2D eigenvalue weighted by Gasteiger charge is -2.16. The molecule has 2 nitrogen and oxygen atoms in total. The van der Waals surface area contributed by atoms with Crippen LogP contribution in [0.2, 0.25) is 0 Å². The Balaban J connectivity index is 1.79. The van der Waals surface area contributed by atoms with E-state index in [1.165, 1.54) is 23.2 Å². The maximum atomic E-state index is 4.54. The molecule has 0 saturated heterocycles. The van der Waals surface area contributed by atoms with E-state index in [1.54, 1.807) is 0 Å². The van der Waals surface area contributed by atoms with Gasteiger partial charge in [-0.25, -0.2) is 0 Å². The van der Waals surface area contributed by atoms with Crippen LogP contribution in [-0.4, -0.2) is 12.0 Å². The summed E-state index contributed by atoms with van der Waals surface area (Å²) in [7, 11) is 2.04. The predicted molar refractivity (Wildman–Crippen MR) is 78.1 cm³/mol. The summed E-state index contributed by atoms with van der Waals surface area (Å²) in [5, 5.41) is 3.44. The number of rotatable bonds is 4. The van der Waals surface area contributed by atoms with Crippen molar-refractivity contribution in [1.29, 1.82) is 0 Å². The van der Waals surface area contributed by atoms with Crippen LogP contribution in [0, 0.1) is 12.8 Å². The molecule has 1 aliphatic rings. The number of aryl methyl sites for hydroxylation is 1. The van der Waals surface area contributed by atoms with Gasteiger partial charge in [-0.2, -0.15) is 0 Å². The fourth-order valence-electron chi connectivity index (χ4n) is 2.98. The number of pyridine rings is 1. The van der Waals surface area contributed by atoms with E-state index in [9.17, 15) is 0 Å². The van der Waals surface area contributed by atoms with E-state index in [2.05, 4.69) is 59.7 Å². The van der Waals surface area contributed by atoms with Crippen LogP contribution in [0.1, 0.15) is 35.2 Å². The molecule has 1 N–H and O–H groups in total. The highest BCUT2D eigenvalue weighted by Crippen LogP contribution is 2.53. The molecule has 3 rings (SSSR count). The van der Waals surface area contributed by atoms with Crippen LogP contribution in [-0.2, 0) is 0 Å². The van der Waals surface area contributed by atoms with Crippen molar-refractivity contribution < 1.29 is 0 Å². The van der Waals surface area contributed by atoms with Gasteiger partial charge in [-0.15, -0.1) is 0 Å². The number of hydrogen-bond donors (Lipinski definition) is 1. The van der Waals surface area contributed by atoms with Gasteiger partial charge in [-0.1, -0.05) is 30.3 Å². The first-order valence-electron chi connectivity index (χ1n) is 6.94. The molecule has 1 saturated carbocycles. The van der Waals surface area contributed by atoms with E-state index >= 15 is 0 Å². The van der Waals surface area contributed by atoms with Crippen LogP contribution in [0.5, 0.6) is 0 Å². The topological polar surface area (TPSA) is 24.9 Å². The molecule has 0 spiro atoms. The van der Waals surface area contributed by atoms with Crippen molar-refractivity contribution in [2.45, 2.75) is 25.3 Å². The monoisotopic (exact) mass is 252 g/mol. The van der Waals surface area contributed by atoms with Gasteiger partial charge >= 0.3 is 0 Å². The molecule has 0 aliphatic heterocycles. The first kappa shape index (κ1) is 12.4. The molecule has 1 heterocycles. The summed E-state index contributed by atoms with van der Waals surface area (Å²) in [6.07, 6.45) is 3.17. The number of benzene rings is 1. The van der Waals surface area contributed by atoms with Crippen molar-refractivity contribution in [3.05, 3.63) is 65.5 Å². The van der Waals surface area contributed by atoms with Gasteiger partial charge in [0, 0.05) is 6.20 Å². The molecule has 2 heteroatoms. The first-order chi connectivity index (χ1) is 9.29. The highest BCUT2D eigenvalue weighted by atomic mass is 14.9. The van der Waals surface area contributed by atoms with E-state index < -0.39 is 0 Å². The molecular formula is C17H20N2. The molecule has 0 radical (unpaired) electrons. The molecule has 1 fully saturated rings. The number of hydrogen-bond acceptors (Lipinski definition) is 2. The van der Waals surface area contributed by atoms with Crippen LogP contribution >= 0.6 is 0 Å². The van der Waals surface area contributed by atoms with Gasteiger partial charge < -0.3 is 5.32 Å². The lowest BCUT2D eigenvalue weighted by molar-refractivity contribution is 0.505. The molecule has 1 aromatic heterocycles. The minimum Gasteiger partial charge on any atom is -0.311 e. The van der Waals surface area contributed by atoms with E-state index in [4.69, 9.17) is 0 Å². The summed E-state index contributed by atoms with van der Waals surface area (Å²) in [6, 6.07) is 15.4. The SMILES string of the molecule is CNC(c1cc(C)ccn1)C1CC1c1ccccc1. The standard InChI is InChI=1S/C17H20N2/c1-12-8-9-19-16(10-12)17(18-2)15-11-14(15)13-6-4-3-5-7-13/h3-10,14-15,17-18H,11H2,1-2H3. The van der Waals surface area contributed by atoms with Crippen LogP contribution < -0.4 is 5.32 Å². The second kappa shape index (κ2) is 5.14. The van der Waals surface area contributed by atoms with Crippen molar-refractivity contribution in [3.63, 3.8) is 0 Å². The second-order valence-corrected chi connectivity index (χ2v) is 5.44. The Hall–Kier alpha value is -1.67. The van der Waals surface area contributed by atoms with Crippen molar-refractivity contribution in [1.82, 2.24) is 10.3 Å². The summed E-state index contributed by atoms with van der Waals surface area (Å²) in [5.74, 6) is 1.35. The summed E-state index contributed by atoms with van der Waals surface area (Å²) in [6.45, 7) is 2.12. The maximum absolute atomic E-state index is 4.54. The molecule has 98 valence electrons. The molecular weight excluding hydrogens is 232 g/mol. The molecule has 0 amide bonds. The van der Waals surface area contributed by atoms with E-state index in [0.29, 0.717) is 17.9 Å². The van der Waals surface area contributed by atoms with Gasteiger partial charge in [0.25, 0.3) is 0 Å². The molecule has 1 aliphatic carbocycles. The third-order valence-electron chi connectivity index (χ3n) is 4.06. The molecule has 2 aromatic rings. The van der Waals surface area contributed by atoms with Crippen molar-refractivity contribution >= 4 is 0 Å². The zero-order valence-electron chi connectivity index (χ0n) is 11.5. The Bertz CT molecular complexity index is 550. The third-order valence-corrected chi connectivity index (χ3v) is 4.06. The molecule has 3 unspecified atom stereocenters. The van der Waals surface area contributed by atoms with E-state index in [-0.39, 0.29) is 0 Å². The summed E-state index contributed by atoms with van der Waals surface area (Å²) in [4.78, 5) is 4.54. The van der Waals surface area contributed by atoms with Crippen molar-refractivity contribution in [2.75, 3.05) is 7.05 Å². The number of aromatic nitrogens is 1. The zero-order chi connectivity index (χ0) is 13.2. The number of nitrogens with zero attached hydrogens (tertiary/aromatic N) is 1. The normalized spacial score (nSPS) is 23.1. The first-order valence-corrected chi connectivity index (χ1v) is 6.94. The van der Waals surface area contributed by atoms with Gasteiger partial charge in [0.15, 0.2) is 0 Å². The van der Waals surface area contributed by atoms with Crippen LogP contribution in [0.15, 0.2) is 48.7 Å². The Kier molecular flexibility index (Phi) is 3.34. The molecule has 3 atom stereocenters. The third kappa shape index (κ3) is 2.54. The number of nitrogens with one attached hydrogen (secondary N) is 1. The maximum Gasteiger partial charge on any atom is 0.0578 e. The minimum absolute atomic E-state index is 0.366. The predicted octanol–water partition coefficient (Wildman–Crippen LogP) is 3.45. The van der Waals surface area contributed by atoms with Crippen LogP contribution in [0.3, 0.4) is 0 Å². The van der Waals surface area contributed by atoms with Gasteiger partial charge in [0.05, 0.1) is 11.7 Å². The average molecular weight is 252 g/mol. The molecule has 1 aromatic carbocycles. The van der Waals surface area contributed by atoms with Gasteiger partial charge in [0.2, 0.25) is 0 Å². The van der Waals surface area contributed by atoms with Crippen LogP contribution in [0.4, 0.5) is 0 Å². The highest BCUT2D eigenvalue weighted by molar-refractivity contribution is 5.29. The molecule has 0 bridgehead atoms. The largest absolute Gasteiger partial charge is 0.311 e. The Morgan fingerprint density at radius 2 is 2.00 bits per heavy atom. The Labute approximate surface area is 114 Å². The second-order valence-electron chi connectivity index (χ2n) is 5.44. The highest BCUT2D eigenvalue weighted by Gasteiger charge is 2.44. The van der Waals surface area contributed by atoms with Gasteiger partial charge in [0.1, 0.15) is 0 Å².